The van der Waals surface area contributed by atoms with Crippen LogP contribution in [0, 0.1) is 0 Å². The molecule has 0 aromatic heterocycles. The first-order valence-corrected chi connectivity index (χ1v) is 4.64. The van der Waals surface area contributed by atoms with E-state index < -0.39 is 0 Å². The van der Waals surface area contributed by atoms with Crippen molar-refractivity contribution in [1.82, 2.24) is 10.2 Å². The molecule has 1 aliphatic carbocycles. The first-order chi connectivity index (χ1) is 6.19. The molecule has 0 aromatic carbocycles. The zero-order valence-corrected chi connectivity index (χ0v) is 8.54. The number of rotatable bonds is 5. The van der Waals surface area contributed by atoms with Crippen molar-refractivity contribution in [2.45, 2.75) is 24.9 Å². The highest BCUT2D eigenvalue weighted by Crippen LogP contribution is 2.25. The van der Waals surface area contributed by atoms with E-state index in [-0.39, 0.29) is 12.0 Å². The standard InChI is InChI=1S/C9H18N2O2/c1-10-8(9(12)13-3)6-11(2)7-4-5-7/h7-8,10H,4-6H2,1-3H3. The number of carbonyl (C=O) groups is 1. The number of carbonyl (C=O) groups excluding carboxylic acids is 1. The van der Waals surface area contributed by atoms with Crippen LogP contribution in [-0.4, -0.2) is 50.7 Å². The molecule has 1 fully saturated rings. The van der Waals surface area contributed by atoms with Crippen LogP contribution in [0.3, 0.4) is 0 Å². The van der Waals surface area contributed by atoms with Crippen LogP contribution in [0.4, 0.5) is 0 Å². The second kappa shape index (κ2) is 4.58. The number of hydrogen-bond donors (Lipinski definition) is 1. The van der Waals surface area contributed by atoms with Gasteiger partial charge in [0.1, 0.15) is 6.04 Å². The van der Waals surface area contributed by atoms with Crippen molar-refractivity contribution in [3.63, 3.8) is 0 Å². The third kappa shape index (κ3) is 2.97. The number of methoxy groups -OCH3 is 1. The van der Waals surface area contributed by atoms with E-state index in [0.29, 0.717) is 6.04 Å². The molecule has 0 aliphatic heterocycles. The highest BCUT2D eigenvalue weighted by Gasteiger charge is 2.29. The fourth-order valence-corrected chi connectivity index (χ4v) is 1.38. The summed E-state index contributed by atoms with van der Waals surface area (Å²) < 4.78 is 4.68. The van der Waals surface area contributed by atoms with Gasteiger partial charge in [0.05, 0.1) is 7.11 Å². The molecule has 1 saturated carbocycles. The summed E-state index contributed by atoms with van der Waals surface area (Å²) in [6, 6.07) is 0.483. The number of nitrogens with zero attached hydrogens (tertiary/aromatic N) is 1. The molecule has 0 bridgehead atoms. The van der Waals surface area contributed by atoms with E-state index in [2.05, 4.69) is 15.0 Å². The van der Waals surface area contributed by atoms with Gasteiger partial charge in [0.15, 0.2) is 0 Å². The minimum absolute atomic E-state index is 0.185. The minimum atomic E-state index is -0.199. The van der Waals surface area contributed by atoms with Gasteiger partial charge in [-0.3, -0.25) is 4.79 Å². The molecule has 1 rings (SSSR count). The number of likely N-dealkylation sites (N-methyl/N-ethyl adjacent to an activating group) is 2. The molecule has 1 N–H and O–H groups in total. The Morgan fingerprint density at radius 1 is 1.69 bits per heavy atom. The van der Waals surface area contributed by atoms with Crippen molar-refractivity contribution in [3.8, 4) is 0 Å². The van der Waals surface area contributed by atoms with Crippen molar-refractivity contribution >= 4 is 5.97 Å². The number of nitrogens with one attached hydrogen (secondary N) is 1. The van der Waals surface area contributed by atoms with Crippen LogP contribution in [0.1, 0.15) is 12.8 Å². The summed E-state index contributed by atoms with van der Waals surface area (Å²) in [7, 11) is 5.25. The van der Waals surface area contributed by atoms with Gasteiger partial charge in [0.2, 0.25) is 0 Å². The zero-order chi connectivity index (χ0) is 9.84. The van der Waals surface area contributed by atoms with Gasteiger partial charge in [-0.1, -0.05) is 0 Å². The molecule has 0 radical (unpaired) electrons. The topological polar surface area (TPSA) is 41.6 Å². The molecule has 0 heterocycles. The summed E-state index contributed by atoms with van der Waals surface area (Å²) in [6.07, 6.45) is 2.52. The highest BCUT2D eigenvalue weighted by molar-refractivity contribution is 5.75. The second-order valence-electron chi connectivity index (χ2n) is 3.54. The van der Waals surface area contributed by atoms with Gasteiger partial charge in [-0.05, 0) is 26.9 Å². The van der Waals surface area contributed by atoms with E-state index in [0.717, 1.165) is 6.54 Å². The monoisotopic (exact) mass is 186 g/mol. The van der Waals surface area contributed by atoms with Crippen LogP contribution in [0.25, 0.3) is 0 Å². The van der Waals surface area contributed by atoms with Crippen LogP contribution in [-0.2, 0) is 9.53 Å². The normalized spacial score (nSPS) is 18.8. The molecular weight excluding hydrogens is 168 g/mol. The Kier molecular flexibility index (Phi) is 3.69. The number of hydrogen-bond acceptors (Lipinski definition) is 4. The van der Waals surface area contributed by atoms with Gasteiger partial charge in [0.25, 0.3) is 0 Å². The minimum Gasteiger partial charge on any atom is -0.468 e. The van der Waals surface area contributed by atoms with E-state index >= 15 is 0 Å². The predicted molar refractivity (Wildman–Crippen MR) is 50.5 cm³/mol. The van der Waals surface area contributed by atoms with E-state index in [1.165, 1.54) is 20.0 Å². The number of ether oxygens (including phenoxy) is 1. The Morgan fingerprint density at radius 2 is 2.31 bits per heavy atom. The molecular formula is C9H18N2O2. The molecule has 0 amide bonds. The molecule has 0 aromatic rings. The Morgan fingerprint density at radius 3 is 2.69 bits per heavy atom. The van der Waals surface area contributed by atoms with Gasteiger partial charge >= 0.3 is 5.97 Å². The summed E-state index contributed by atoms with van der Waals surface area (Å²) in [6.45, 7) is 0.730. The lowest BCUT2D eigenvalue weighted by Crippen LogP contribution is -2.44. The lowest BCUT2D eigenvalue weighted by Gasteiger charge is -2.21. The van der Waals surface area contributed by atoms with Crippen molar-refractivity contribution in [3.05, 3.63) is 0 Å². The van der Waals surface area contributed by atoms with Crippen molar-refractivity contribution in [2.24, 2.45) is 0 Å². The Bertz CT molecular complexity index is 180. The average molecular weight is 186 g/mol. The van der Waals surface area contributed by atoms with Gasteiger partial charge < -0.3 is 15.0 Å². The summed E-state index contributed by atoms with van der Waals surface area (Å²) in [5, 5.41) is 2.95. The average Bonchev–Trinajstić information content (AvgIpc) is 2.95. The van der Waals surface area contributed by atoms with Crippen LogP contribution in [0.15, 0.2) is 0 Å². The second-order valence-corrected chi connectivity index (χ2v) is 3.54. The Hall–Kier alpha value is -0.610. The SMILES string of the molecule is CNC(CN(C)C1CC1)C(=O)OC. The Balaban J connectivity index is 2.33. The third-order valence-electron chi connectivity index (χ3n) is 2.47. The van der Waals surface area contributed by atoms with Gasteiger partial charge in [-0.2, -0.15) is 0 Å². The van der Waals surface area contributed by atoms with Crippen LogP contribution in [0.5, 0.6) is 0 Å². The molecule has 13 heavy (non-hydrogen) atoms. The summed E-state index contributed by atoms with van der Waals surface area (Å²) in [5.41, 5.74) is 0. The quantitative estimate of drug-likeness (QED) is 0.606. The largest absolute Gasteiger partial charge is 0.468 e. The lowest BCUT2D eigenvalue weighted by molar-refractivity contribution is -0.143. The molecule has 1 aliphatic rings. The summed E-state index contributed by atoms with van der Waals surface area (Å²) in [4.78, 5) is 13.4. The third-order valence-corrected chi connectivity index (χ3v) is 2.47. The Labute approximate surface area is 79.2 Å². The summed E-state index contributed by atoms with van der Waals surface area (Å²) >= 11 is 0. The molecule has 0 spiro atoms. The maximum atomic E-state index is 11.2. The molecule has 4 nitrogen and oxygen atoms in total. The maximum Gasteiger partial charge on any atom is 0.324 e. The highest BCUT2D eigenvalue weighted by atomic mass is 16.5. The van der Waals surface area contributed by atoms with Crippen LogP contribution >= 0.6 is 0 Å². The van der Waals surface area contributed by atoms with Crippen molar-refractivity contribution in [1.29, 1.82) is 0 Å². The number of esters is 1. The predicted octanol–water partition coefficient (Wildman–Crippen LogP) is -0.158. The van der Waals surface area contributed by atoms with Gasteiger partial charge in [0, 0.05) is 12.6 Å². The van der Waals surface area contributed by atoms with Gasteiger partial charge in [-0.15, -0.1) is 0 Å². The molecule has 1 unspecified atom stereocenters. The fraction of sp³-hybridized carbons (Fsp3) is 0.889. The van der Waals surface area contributed by atoms with E-state index in [1.807, 2.05) is 7.05 Å². The summed E-state index contributed by atoms with van der Waals surface area (Å²) in [5.74, 6) is -0.185. The van der Waals surface area contributed by atoms with E-state index in [1.54, 1.807) is 7.05 Å². The molecule has 1 atom stereocenters. The molecule has 0 saturated heterocycles. The molecule has 76 valence electrons. The van der Waals surface area contributed by atoms with Crippen LogP contribution in [0.2, 0.25) is 0 Å². The van der Waals surface area contributed by atoms with E-state index in [9.17, 15) is 4.79 Å². The van der Waals surface area contributed by atoms with Gasteiger partial charge in [-0.25, -0.2) is 0 Å². The van der Waals surface area contributed by atoms with E-state index in [4.69, 9.17) is 0 Å². The molecule has 4 heteroatoms. The van der Waals surface area contributed by atoms with Crippen molar-refractivity contribution < 1.29 is 9.53 Å². The fourth-order valence-electron chi connectivity index (χ4n) is 1.38. The zero-order valence-electron chi connectivity index (χ0n) is 8.54. The van der Waals surface area contributed by atoms with Crippen molar-refractivity contribution in [2.75, 3.05) is 27.7 Å². The first-order valence-electron chi connectivity index (χ1n) is 4.64. The first kappa shape index (κ1) is 10.5. The lowest BCUT2D eigenvalue weighted by atomic mass is 10.3. The van der Waals surface area contributed by atoms with Crippen LogP contribution < -0.4 is 5.32 Å². The maximum absolute atomic E-state index is 11.2. The smallest absolute Gasteiger partial charge is 0.324 e.